The van der Waals surface area contributed by atoms with E-state index in [1.165, 1.54) is 0 Å². The molecule has 1 amide bonds. The van der Waals surface area contributed by atoms with Gasteiger partial charge in [-0.2, -0.15) is 0 Å². The first-order chi connectivity index (χ1) is 13.2. The number of Topliss-reactive ketones (excluding diaryl/α,β-unsaturated/α-hetero) is 1. The van der Waals surface area contributed by atoms with Crippen molar-refractivity contribution in [3.05, 3.63) is 65.6 Å². The normalized spacial score (nSPS) is 19.9. The molecule has 0 saturated carbocycles. The maximum Gasteiger partial charge on any atom is 0.232 e. The van der Waals surface area contributed by atoms with Gasteiger partial charge >= 0.3 is 0 Å². The van der Waals surface area contributed by atoms with E-state index in [1.807, 2.05) is 43.3 Å². The molecule has 5 heteroatoms. The van der Waals surface area contributed by atoms with Crippen molar-refractivity contribution in [3.63, 3.8) is 0 Å². The van der Waals surface area contributed by atoms with Crippen LogP contribution in [0.15, 0.2) is 60.1 Å². The Kier molecular flexibility index (Phi) is 4.75. The number of carbonyl (C=O) groups is 2. The fourth-order valence-corrected chi connectivity index (χ4v) is 4.03. The van der Waals surface area contributed by atoms with Gasteiger partial charge in [0.15, 0.2) is 5.78 Å². The molecule has 0 fully saturated rings. The largest absolute Gasteiger partial charge is 0.494 e. The van der Waals surface area contributed by atoms with Gasteiger partial charge in [-0.05, 0) is 49.6 Å². The predicted octanol–water partition coefficient (Wildman–Crippen LogP) is 4.01. The SMILES string of the molecule is CCOc1ccc(C2CC(=O)N(c3cccnc3)C3=C2C(=O)CCC3)cc1. The van der Waals surface area contributed by atoms with Crippen LogP contribution in [-0.2, 0) is 9.59 Å². The Morgan fingerprint density at radius 1 is 1.15 bits per heavy atom. The van der Waals surface area contributed by atoms with Crippen molar-refractivity contribution < 1.29 is 14.3 Å². The van der Waals surface area contributed by atoms with Crippen LogP contribution >= 0.6 is 0 Å². The Morgan fingerprint density at radius 3 is 2.67 bits per heavy atom. The summed E-state index contributed by atoms with van der Waals surface area (Å²) in [6.45, 7) is 2.55. The molecule has 138 valence electrons. The topological polar surface area (TPSA) is 59.5 Å². The average Bonchev–Trinajstić information content (AvgIpc) is 2.69. The minimum Gasteiger partial charge on any atom is -0.494 e. The Balaban J connectivity index is 1.78. The number of amides is 1. The first-order valence-electron chi connectivity index (χ1n) is 9.41. The number of ketones is 1. The first kappa shape index (κ1) is 17.5. The zero-order valence-corrected chi connectivity index (χ0v) is 15.4. The molecule has 1 aromatic heterocycles. The summed E-state index contributed by atoms with van der Waals surface area (Å²) in [6.07, 6.45) is 5.70. The maximum absolute atomic E-state index is 13.0. The van der Waals surface area contributed by atoms with E-state index in [-0.39, 0.29) is 24.0 Å². The molecule has 2 heterocycles. The maximum atomic E-state index is 13.0. The molecule has 4 rings (SSSR count). The van der Waals surface area contributed by atoms with Gasteiger partial charge in [-0.15, -0.1) is 0 Å². The number of hydrogen-bond acceptors (Lipinski definition) is 4. The molecule has 1 aromatic carbocycles. The number of rotatable bonds is 4. The van der Waals surface area contributed by atoms with Crippen LogP contribution in [0.1, 0.15) is 44.1 Å². The number of carbonyl (C=O) groups excluding carboxylic acids is 2. The Morgan fingerprint density at radius 2 is 1.96 bits per heavy atom. The van der Waals surface area contributed by atoms with Crippen LogP contribution in [0.4, 0.5) is 5.69 Å². The third kappa shape index (κ3) is 3.25. The summed E-state index contributed by atoms with van der Waals surface area (Å²) in [5, 5.41) is 0. The predicted molar refractivity (Wildman–Crippen MR) is 103 cm³/mol. The van der Waals surface area contributed by atoms with Crippen molar-refractivity contribution in [2.45, 2.75) is 38.5 Å². The minimum absolute atomic E-state index is 0.00957. The van der Waals surface area contributed by atoms with Crippen LogP contribution in [0.3, 0.4) is 0 Å². The van der Waals surface area contributed by atoms with E-state index >= 15 is 0 Å². The lowest BCUT2D eigenvalue weighted by Crippen LogP contribution is -2.40. The summed E-state index contributed by atoms with van der Waals surface area (Å²) in [5.74, 6) is 0.764. The lowest BCUT2D eigenvalue weighted by molar-refractivity contribution is -0.119. The fraction of sp³-hybridized carbons (Fsp3) is 0.318. The van der Waals surface area contributed by atoms with E-state index in [2.05, 4.69) is 4.98 Å². The summed E-state index contributed by atoms with van der Waals surface area (Å²) in [7, 11) is 0. The van der Waals surface area contributed by atoms with Crippen LogP contribution in [0.2, 0.25) is 0 Å². The van der Waals surface area contributed by atoms with Crippen LogP contribution in [-0.4, -0.2) is 23.3 Å². The van der Waals surface area contributed by atoms with Crippen molar-refractivity contribution in [1.82, 2.24) is 4.98 Å². The molecule has 27 heavy (non-hydrogen) atoms. The quantitative estimate of drug-likeness (QED) is 0.825. The van der Waals surface area contributed by atoms with Gasteiger partial charge in [0.1, 0.15) is 5.75 Å². The van der Waals surface area contributed by atoms with E-state index in [0.717, 1.165) is 41.1 Å². The molecule has 0 spiro atoms. The molecular formula is C22H22N2O3. The number of aromatic nitrogens is 1. The molecule has 5 nitrogen and oxygen atoms in total. The lowest BCUT2D eigenvalue weighted by atomic mass is 9.77. The monoisotopic (exact) mass is 362 g/mol. The van der Waals surface area contributed by atoms with Crippen molar-refractivity contribution in [2.75, 3.05) is 11.5 Å². The number of pyridine rings is 1. The second-order valence-electron chi connectivity index (χ2n) is 6.84. The summed E-state index contributed by atoms with van der Waals surface area (Å²) < 4.78 is 5.51. The Hall–Kier alpha value is -2.95. The van der Waals surface area contributed by atoms with Crippen molar-refractivity contribution in [3.8, 4) is 5.75 Å². The van der Waals surface area contributed by atoms with Gasteiger partial charge in [-0.25, -0.2) is 0 Å². The fourth-order valence-electron chi connectivity index (χ4n) is 4.03. The summed E-state index contributed by atoms with van der Waals surface area (Å²) in [5.41, 5.74) is 3.35. The minimum atomic E-state index is -0.191. The van der Waals surface area contributed by atoms with E-state index in [0.29, 0.717) is 13.0 Å². The van der Waals surface area contributed by atoms with Gasteiger partial charge in [-0.1, -0.05) is 12.1 Å². The molecule has 0 N–H and O–H groups in total. The van der Waals surface area contributed by atoms with E-state index in [9.17, 15) is 9.59 Å². The smallest absolute Gasteiger partial charge is 0.232 e. The zero-order valence-electron chi connectivity index (χ0n) is 15.4. The number of nitrogens with zero attached hydrogens (tertiary/aromatic N) is 2. The zero-order chi connectivity index (χ0) is 18.8. The molecule has 0 radical (unpaired) electrons. The highest BCUT2D eigenvalue weighted by molar-refractivity contribution is 6.07. The summed E-state index contributed by atoms with van der Waals surface area (Å²) in [6, 6.07) is 11.4. The molecule has 1 unspecified atom stereocenters. The van der Waals surface area contributed by atoms with Crippen LogP contribution < -0.4 is 9.64 Å². The molecule has 0 saturated heterocycles. The number of ether oxygens (including phenoxy) is 1. The molecular weight excluding hydrogens is 340 g/mol. The third-order valence-corrected chi connectivity index (χ3v) is 5.17. The Bertz CT molecular complexity index is 888. The van der Waals surface area contributed by atoms with Crippen molar-refractivity contribution in [2.24, 2.45) is 0 Å². The van der Waals surface area contributed by atoms with Crippen molar-refractivity contribution >= 4 is 17.4 Å². The van der Waals surface area contributed by atoms with Gasteiger partial charge in [0.05, 0.1) is 18.5 Å². The molecule has 1 atom stereocenters. The average molecular weight is 362 g/mol. The Labute approximate surface area is 158 Å². The number of benzene rings is 1. The standard InChI is InChI=1S/C22H22N2O3/c1-2-27-17-10-8-15(9-11-17)18-13-21(26)24(16-5-4-12-23-14-16)19-6-3-7-20(25)22(18)19/h4-5,8-12,14,18H,2-3,6-7,13H2,1H3. The van der Waals surface area contributed by atoms with Gasteiger partial charge in [0.25, 0.3) is 0 Å². The number of anilines is 1. The van der Waals surface area contributed by atoms with Crippen molar-refractivity contribution in [1.29, 1.82) is 0 Å². The highest BCUT2D eigenvalue weighted by atomic mass is 16.5. The van der Waals surface area contributed by atoms with Gasteiger partial charge in [-0.3, -0.25) is 19.5 Å². The molecule has 1 aliphatic carbocycles. The van der Waals surface area contributed by atoms with Gasteiger partial charge in [0.2, 0.25) is 5.91 Å². The highest BCUT2D eigenvalue weighted by Gasteiger charge is 2.39. The first-order valence-corrected chi connectivity index (χ1v) is 9.41. The summed E-state index contributed by atoms with van der Waals surface area (Å²) >= 11 is 0. The van der Waals surface area contributed by atoms with Gasteiger partial charge < -0.3 is 4.74 Å². The van der Waals surface area contributed by atoms with E-state index in [1.54, 1.807) is 17.3 Å². The number of allylic oxidation sites excluding steroid dienone is 2. The lowest BCUT2D eigenvalue weighted by Gasteiger charge is -2.38. The van der Waals surface area contributed by atoms with Crippen LogP contribution in [0, 0.1) is 0 Å². The summed E-state index contributed by atoms with van der Waals surface area (Å²) in [4.78, 5) is 31.7. The molecule has 2 aliphatic rings. The van der Waals surface area contributed by atoms with Crippen LogP contribution in [0.25, 0.3) is 0 Å². The third-order valence-electron chi connectivity index (χ3n) is 5.17. The second-order valence-corrected chi connectivity index (χ2v) is 6.84. The molecule has 0 bridgehead atoms. The number of hydrogen-bond donors (Lipinski definition) is 0. The highest BCUT2D eigenvalue weighted by Crippen LogP contribution is 2.43. The molecule has 1 aliphatic heterocycles. The van der Waals surface area contributed by atoms with Gasteiger partial charge in [0, 0.05) is 36.2 Å². The second kappa shape index (κ2) is 7.35. The molecule has 2 aromatic rings. The van der Waals surface area contributed by atoms with E-state index < -0.39 is 0 Å². The van der Waals surface area contributed by atoms with Crippen LogP contribution in [0.5, 0.6) is 5.75 Å². The van der Waals surface area contributed by atoms with E-state index in [4.69, 9.17) is 4.74 Å².